The maximum atomic E-state index is 11.9. The number of anilines is 1. The van der Waals surface area contributed by atoms with Crippen molar-refractivity contribution in [1.29, 1.82) is 0 Å². The molecule has 0 saturated carbocycles. The molecule has 19 heavy (non-hydrogen) atoms. The molecule has 2 N–H and O–H groups in total. The second-order valence-corrected chi connectivity index (χ2v) is 5.80. The van der Waals surface area contributed by atoms with Gasteiger partial charge < -0.3 is 10.4 Å². The molecular weight excluding hydrogens is 377 g/mol. The van der Waals surface area contributed by atoms with Crippen LogP contribution in [0, 0.1) is 3.57 Å². The smallest absolute Gasteiger partial charge is 0.335 e. The minimum Gasteiger partial charge on any atom is -0.478 e. The maximum Gasteiger partial charge on any atom is 0.335 e. The minimum atomic E-state index is -1.01. The Balaban J connectivity index is 2.11. The van der Waals surface area contributed by atoms with Crippen LogP contribution in [0.25, 0.3) is 0 Å². The first kappa shape index (κ1) is 14.0. The Labute approximate surface area is 127 Å². The van der Waals surface area contributed by atoms with E-state index < -0.39 is 5.97 Å². The molecule has 1 aromatic carbocycles. The van der Waals surface area contributed by atoms with Crippen molar-refractivity contribution < 1.29 is 14.7 Å². The van der Waals surface area contributed by atoms with E-state index in [4.69, 9.17) is 5.11 Å². The zero-order chi connectivity index (χ0) is 13.8. The Morgan fingerprint density at radius 2 is 2.11 bits per heavy atom. The first-order valence-corrected chi connectivity index (χ1v) is 7.42. The zero-order valence-corrected chi connectivity index (χ0v) is 12.7. The number of amides is 1. The molecule has 0 aliphatic rings. The third-order valence-corrected chi connectivity index (χ3v) is 4.10. The minimum absolute atomic E-state index is 0.154. The quantitative estimate of drug-likeness (QED) is 0.792. The molecule has 0 saturated heterocycles. The van der Waals surface area contributed by atoms with Gasteiger partial charge in [-0.15, -0.1) is 0 Å². The van der Waals surface area contributed by atoms with Crippen LogP contribution in [-0.2, 0) is 11.2 Å². The standard InChI is InChI=1S/C13H10INO3S/c14-10-2-1-9(13(17)18)6-11(10)15-12(16)5-8-3-4-19-7-8/h1-4,6-7H,5H2,(H,15,16)(H,17,18). The van der Waals surface area contributed by atoms with Gasteiger partial charge in [0, 0.05) is 3.57 Å². The number of rotatable bonds is 4. The summed E-state index contributed by atoms with van der Waals surface area (Å²) in [6.07, 6.45) is 0.289. The summed E-state index contributed by atoms with van der Waals surface area (Å²) in [6, 6.07) is 6.54. The molecule has 0 atom stereocenters. The van der Waals surface area contributed by atoms with E-state index in [1.54, 1.807) is 6.07 Å². The van der Waals surface area contributed by atoms with Gasteiger partial charge in [0.25, 0.3) is 0 Å². The second-order valence-electron chi connectivity index (χ2n) is 3.86. The number of carbonyl (C=O) groups excluding carboxylic acids is 1. The van der Waals surface area contributed by atoms with Crippen LogP contribution in [0.15, 0.2) is 35.0 Å². The van der Waals surface area contributed by atoms with Crippen LogP contribution < -0.4 is 5.32 Å². The Bertz CT molecular complexity index is 610. The molecule has 98 valence electrons. The largest absolute Gasteiger partial charge is 0.478 e. The average molecular weight is 387 g/mol. The van der Waals surface area contributed by atoms with Crippen LogP contribution in [0.1, 0.15) is 15.9 Å². The normalized spacial score (nSPS) is 10.2. The molecule has 0 aliphatic heterocycles. The van der Waals surface area contributed by atoms with Gasteiger partial charge in [-0.1, -0.05) is 0 Å². The highest BCUT2D eigenvalue weighted by Gasteiger charge is 2.10. The van der Waals surface area contributed by atoms with Crippen LogP contribution >= 0.6 is 33.9 Å². The second kappa shape index (κ2) is 6.16. The van der Waals surface area contributed by atoms with E-state index in [1.807, 2.05) is 16.8 Å². The molecule has 0 aliphatic carbocycles. The predicted molar refractivity (Wildman–Crippen MR) is 82.8 cm³/mol. The van der Waals surface area contributed by atoms with Gasteiger partial charge in [-0.3, -0.25) is 4.79 Å². The Morgan fingerprint density at radius 1 is 1.32 bits per heavy atom. The summed E-state index contributed by atoms with van der Waals surface area (Å²) in [5.74, 6) is -1.16. The fourth-order valence-electron chi connectivity index (χ4n) is 1.53. The summed E-state index contributed by atoms with van der Waals surface area (Å²) in [4.78, 5) is 22.7. The van der Waals surface area contributed by atoms with E-state index in [-0.39, 0.29) is 17.9 Å². The predicted octanol–water partition coefficient (Wildman–Crippen LogP) is 3.23. The molecule has 0 radical (unpaired) electrons. The Kier molecular flexibility index (Phi) is 4.54. The summed E-state index contributed by atoms with van der Waals surface area (Å²) >= 11 is 3.60. The zero-order valence-electron chi connectivity index (χ0n) is 9.72. The highest BCUT2D eigenvalue weighted by molar-refractivity contribution is 14.1. The van der Waals surface area contributed by atoms with Gasteiger partial charge in [0.2, 0.25) is 5.91 Å². The summed E-state index contributed by atoms with van der Waals surface area (Å²) in [5, 5.41) is 15.5. The van der Waals surface area contributed by atoms with Crippen molar-refractivity contribution in [3.8, 4) is 0 Å². The first-order valence-electron chi connectivity index (χ1n) is 5.40. The lowest BCUT2D eigenvalue weighted by Gasteiger charge is -2.08. The molecule has 1 amide bonds. The van der Waals surface area contributed by atoms with Crippen molar-refractivity contribution in [1.82, 2.24) is 0 Å². The third kappa shape index (κ3) is 3.77. The van der Waals surface area contributed by atoms with Crippen LogP contribution in [0.2, 0.25) is 0 Å². The van der Waals surface area contributed by atoms with E-state index >= 15 is 0 Å². The van der Waals surface area contributed by atoms with Crippen LogP contribution in [0.5, 0.6) is 0 Å². The van der Waals surface area contributed by atoms with Crippen LogP contribution in [-0.4, -0.2) is 17.0 Å². The molecule has 0 bridgehead atoms. The molecule has 1 aromatic heterocycles. The topological polar surface area (TPSA) is 66.4 Å². The number of nitrogens with one attached hydrogen (secondary N) is 1. The highest BCUT2D eigenvalue weighted by Crippen LogP contribution is 2.20. The van der Waals surface area contributed by atoms with E-state index in [1.165, 1.54) is 23.5 Å². The maximum absolute atomic E-state index is 11.9. The molecule has 0 unspecified atom stereocenters. The molecular formula is C13H10INO3S. The van der Waals surface area contributed by atoms with Gasteiger partial charge >= 0.3 is 5.97 Å². The van der Waals surface area contributed by atoms with Crippen LogP contribution in [0.3, 0.4) is 0 Å². The number of thiophene rings is 1. The van der Waals surface area contributed by atoms with Gasteiger partial charge in [0.1, 0.15) is 0 Å². The monoisotopic (exact) mass is 387 g/mol. The summed E-state index contributed by atoms with van der Waals surface area (Å²) in [7, 11) is 0. The number of hydrogen-bond donors (Lipinski definition) is 2. The van der Waals surface area contributed by atoms with Crippen molar-refractivity contribution in [2.45, 2.75) is 6.42 Å². The Morgan fingerprint density at radius 3 is 2.74 bits per heavy atom. The van der Waals surface area contributed by atoms with Crippen molar-refractivity contribution in [2.24, 2.45) is 0 Å². The lowest BCUT2D eigenvalue weighted by Crippen LogP contribution is -2.15. The van der Waals surface area contributed by atoms with Gasteiger partial charge in [-0.2, -0.15) is 11.3 Å². The lowest BCUT2D eigenvalue weighted by molar-refractivity contribution is -0.115. The fraction of sp³-hybridized carbons (Fsp3) is 0.0769. The van der Waals surface area contributed by atoms with Gasteiger partial charge in [-0.25, -0.2) is 4.79 Å². The lowest BCUT2D eigenvalue weighted by atomic mass is 10.2. The SMILES string of the molecule is O=C(Cc1ccsc1)Nc1cc(C(=O)O)ccc1I. The van der Waals surface area contributed by atoms with E-state index in [2.05, 4.69) is 27.9 Å². The molecule has 4 nitrogen and oxygen atoms in total. The number of aromatic carboxylic acids is 1. The first-order chi connectivity index (χ1) is 9.06. The van der Waals surface area contributed by atoms with Gasteiger partial charge in [0.05, 0.1) is 17.7 Å². The molecule has 6 heteroatoms. The van der Waals surface area contributed by atoms with Gasteiger partial charge in [-0.05, 0) is 63.2 Å². The summed E-state index contributed by atoms with van der Waals surface area (Å²) < 4.78 is 0.807. The van der Waals surface area contributed by atoms with Crippen molar-refractivity contribution in [3.63, 3.8) is 0 Å². The number of hydrogen-bond acceptors (Lipinski definition) is 3. The third-order valence-electron chi connectivity index (χ3n) is 2.43. The van der Waals surface area contributed by atoms with Crippen molar-refractivity contribution >= 4 is 51.5 Å². The average Bonchev–Trinajstić information content (AvgIpc) is 2.84. The van der Waals surface area contributed by atoms with Crippen molar-refractivity contribution in [2.75, 3.05) is 5.32 Å². The summed E-state index contributed by atoms with van der Waals surface area (Å²) in [6.45, 7) is 0. The summed E-state index contributed by atoms with van der Waals surface area (Å²) in [5.41, 5.74) is 1.64. The number of carbonyl (C=O) groups is 2. The van der Waals surface area contributed by atoms with Gasteiger partial charge in [0.15, 0.2) is 0 Å². The molecule has 2 rings (SSSR count). The number of carboxylic acids is 1. The molecule has 0 spiro atoms. The highest BCUT2D eigenvalue weighted by atomic mass is 127. The molecule has 2 aromatic rings. The number of carboxylic acid groups (broad SMARTS) is 1. The number of benzene rings is 1. The molecule has 0 fully saturated rings. The Hall–Kier alpha value is -1.41. The number of halogens is 1. The van der Waals surface area contributed by atoms with E-state index in [0.717, 1.165) is 9.13 Å². The van der Waals surface area contributed by atoms with Crippen molar-refractivity contribution in [3.05, 3.63) is 49.7 Å². The van der Waals surface area contributed by atoms with Crippen LogP contribution in [0.4, 0.5) is 5.69 Å². The van der Waals surface area contributed by atoms with E-state index in [9.17, 15) is 9.59 Å². The fourth-order valence-corrected chi connectivity index (χ4v) is 2.67. The molecule has 1 heterocycles. The van der Waals surface area contributed by atoms with E-state index in [0.29, 0.717) is 5.69 Å².